The van der Waals surface area contributed by atoms with Gasteiger partial charge in [0.2, 0.25) is 0 Å². The van der Waals surface area contributed by atoms with E-state index in [0.29, 0.717) is 5.92 Å². The molecule has 6 atom stereocenters. The third-order valence-corrected chi connectivity index (χ3v) is 25.5. The molecule has 0 amide bonds. The maximum Gasteiger partial charge on any atom is 0.193 e. The molecule has 2 fully saturated rings. The molecule has 1 saturated carbocycles. The third kappa shape index (κ3) is 5.33. The molecule has 37 heavy (non-hydrogen) atoms. The van der Waals surface area contributed by atoms with Gasteiger partial charge >= 0.3 is 0 Å². The van der Waals surface area contributed by atoms with E-state index in [9.17, 15) is 0 Å². The zero-order valence-electron chi connectivity index (χ0n) is 26.5. The van der Waals surface area contributed by atoms with E-state index in [1.807, 2.05) is 0 Å². The summed E-state index contributed by atoms with van der Waals surface area (Å²) in [5.74, 6) is 0.353. The number of hydrogen-bond donors (Lipinski definition) is 0. The van der Waals surface area contributed by atoms with E-state index in [0.717, 1.165) is 19.4 Å². The Morgan fingerprint density at radius 3 is 1.84 bits per heavy atom. The molecule has 1 aliphatic heterocycles. The fourth-order valence-corrected chi connectivity index (χ4v) is 14.6. The van der Waals surface area contributed by atoms with Crippen molar-refractivity contribution in [3.05, 3.63) is 12.2 Å². The van der Waals surface area contributed by atoms with Gasteiger partial charge in [-0.2, -0.15) is 0 Å². The van der Waals surface area contributed by atoms with Crippen LogP contribution in [-0.2, 0) is 18.0 Å². The molecular weight excluding hydrogens is 509 g/mol. The van der Waals surface area contributed by atoms with Crippen molar-refractivity contribution in [1.82, 2.24) is 0 Å². The summed E-state index contributed by atoms with van der Waals surface area (Å²) in [5.41, 5.74) is -0.324. The van der Waals surface area contributed by atoms with Crippen LogP contribution in [0.15, 0.2) is 12.2 Å². The van der Waals surface area contributed by atoms with Gasteiger partial charge in [-0.25, -0.2) is 0 Å². The van der Waals surface area contributed by atoms with Crippen LogP contribution in [0.1, 0.15) is 82.1 Å². The Labute approximate surface area is 233 Å². The number of fused-ring (bicyclic) bond motifs is 3. The van der Waals surface area contributed by atoms with Crippen LogP contribution < -0.4 is 0 Å². The molecule has 0 radical (unpaired) electrons. The summed E-state index contributed by atoms with van der Waals surface area (Å²) in [5, 5.41) is 0.161. The maximum absolute atomic E-state index is 7.54. The smallest absolute Gasteiger partial charge is 0.193 e. The summed E-state index contributed by atoms with van der Waals surface area (Å²) in [6, 6.07) is 7.04. The van der Waals surface area contributed by atoms with Crippen LogP contribution in [0, 0.1) is 11.3 Å². The fourth-order valence-electron chi connectivity index (χ4n) is 7.22. The van der Waals surface area contributed by atoms with Crippen molar-refractivity contribution in [2.75, 3.05) is 6.61 Å². The first kappa shape index (κ1) is 31.8. The van der Waals surface area contributed by atoms with Crippen LogP contribution in [0.25, 0.3) is 0 Å². The molecule has 2 aliphatic carbocycles. The zero-order valence-corrected chi connectivity index (χ0v) is 29.5. The molecule has 0 N–H and O–H groups in total. The Kier molecular flexibility index (Phi) is 9.65. The number of ether oxygens (including phenoxy) is 1. The van der Waals surface area contributed by atoms with Gasteiger partial charge in [0.05, 0.1) is 24.9 Å². The van der Waals surface area contributed by atoms with Gasteiger partial charge in [0, 0.05) is 17.8 Å². The summed E-state index contributed by atoms with van der Waals surface area (Å²) in [6.45, 7) is 29.2. The standard InChI is InChI=1S/C30H60O4Si3/c1-13-36(14-2,15-3)33-25-21-19-20-24-29(25,10)26(32-35(11,12)28(7,8)9)22-27-30(24,23-31-27)34-37(16-4,17-5)18-6/h19,21,24-27H,13-18,20,22-23H2,1-12H3/t24-,25-,26-,27+,29+,30+/m0/s1. The van der Waals surface area contributed by atoms with Gasteiger partial charge in [0.25, 0.3) is 0 Å². The van der Waals surface area contributed by atoms with Crippen LogP contribution in [0.5, 0.6) is 0 Å². The second-order valence-corrected chi connectivity index (χ2v) is 28.2. The van der Waals surface area contributed by atoms with Crippen molar-refractivity contribution in [1.29, 1.82) is 0 Å². The molecule has 0 bridgehead atoms. The average molecular weight is 569 g/mol. The third-order valence-electron chi connectivity index (χ3n) is 11.7. The first-order chi connectivity index (χ1) is 17.2. The van der Waals surface area contributed by atoms with E-state index in [1.54, 1.807) is 0 Å². The van der Waals surface area contributed by atoms with E-state index in [2.05, 4.69) is 94.5 Å². The summed E-state index contributed by atoms with van der Waals surface area (Å²) < 4.78 is 28.7. The molecule has 1 saturated heterocycles. The number of allylic oxidation sites excluding steroid dienone is 1. The molecule has 3 rings (SSSR count). The summed E-state index contributed by atoms with van der Waals surface area (Å²) in [6.07, 6.45) is 7.12. The SMILES string of the molecule is CC[Si](CC)(CC)O[C@H]1C=CC[C@@H]2[C@]3(O[Si](CC)(CC)CC)CO[C@@H]3C[C@H](O[Si](C)(C)C(C)(C)C)[C@@]12C. The van der Waals surface area contributed by atoms with Gasteiger partial charge in [-0.1, -0.05) is 81.4 Å². The van der Waals surface area contributed by atoms with Gasteiger partial charge in [-0.05, 0) is 60.8 Å². The molecule has 0 spiro atoms. The van der Waals surface area contributed by atoms with Crippen LogP contribution >= 0.6 is 0 Å². The normalized spacial score (nSPS) is 34.6. The quantitative estimate of drug-likeness (QED) is 0.174. The molecular formula is C30H60O4Si3. The highest BCUT2D eigenvalue weighted by atomic mass is 28.4. The Balaban J connectivity index is 2.12. The molecule has 0 aromatic carbocycles. The highest BCUT2D eigenvalue weighted by Gasteiger charge is 2.70. The lowest BCUT2D eigenvalue weighted by molar-refractivity contribution is -0.317. The average Bonchev–Trinajstić information content (AvgIpc) is 2.85. The minimum absolute atomic E-state index is 0.0792. The predicted molar refractivity (Wildman–Crippen MR) is 165 cm³/mol. The Morgan fingerprint density at radius 1 is 0.865 bits per heavy atom. The predicted octanol–water partition coefficient (Wildman–Crippen LogP) is 8.91. The lowest BCUT2D eigenvalue weighted by Crippen LogP contribution is -2.78. The van der Waals surface area contributed by atoms with Crippen molar-refractivity contribution >= 4 is 25.0 Å². The highest BCUT2D eigenvalue weighted by molar-refractivity contribution is 6.74. The molecule has 4 nitrogen and oxygen atoms in total. The fraction of sp³-hybridized carbons (Fsp3) is 0.933. The summed E-state index contributed by atoms with van der Waals surface area (Å²) in [7, 11) is -5.66. The number of rotatable bonds is 12. The van der Waals surface area contributed by atoms with Gasteiger partial charge in [-0.15, -0.1) is 0 Å². The van der Waals surface area contributed by atoms with Crippen molar-refractivity contribution in [2.24, 2.45) is 11.3 Å². The lowest BCUT2D eigenvalue weighted by Gasteiger charge is -2.68. The van der Waals surface area contributed by atoms with Crippen LogP contribution in [-0.4, -0.2) is 55.5 Å². The monoisotopic (exact) mass is 568 g/mol. The van der Waals surface area contributed by atoms with Crippen LogP contribution in [0.4, 0.5) is 0 Å². The second kappa shape index (κ2) is 11.2. The molecule has 0 aromatic rings. The topological polar surface area (TPSA) is 36.9 Å². The van der Waals surface area contributed by atoms with E-state index >= 15 is 0 Å². The van der Waals surface area contributed by atoms with E-state index in [4.69, 9.17) is 18.0 Å². The number of hydrogen-bond acceptors (Lipinski definition) is 4. The van der Waals surface area contributed by atoms with Crippen LogP contribution in [0.2, 0.25) is 54.4 Å². The van der Waals surface area contributed by atoms with E-state index in [-0.39, 0.29) is 34.4 Å². The molecule has 0 aromatic heterocycles. The summed E-state index contributed by atoms with van der Waals surface area (Å²) >= 11 is 0. The van der Waals surface area contributed by atoms with Gasteiger partial charge < -0.3 is 18.0 Å². The molecule has 1 heterocycles. The van der Waals surface area contributed by atoms with Gasteiger partial charge in [0.15, 0.2) is 25.0 Å². The Bertz CT molecular complexity index is 785. The maximum atomic E-state index is 7.54. The summed E-state index contributed by atoms with van der Waals surface area (Å²) in [4.78, 5) is 0. The first-order valence-corrected chi connectivity index (χ1v) is 23.5. The molecule has 0 unspecified atom stereocenters. The van der Waals surface area contributed by atoms with Crippen molar-refractivity contribution in [2.45, 2.75) is 160 Å². The Morgan fingerprint density at radius 2 is 1.41 bits per heavy atom. The van der Waals surface area contributed by atoms with Gasteiger partial charge in [-0.3, -0.25) is 0 Å². The lowest BCUT2D eigenvalue weighted by atomic mass is 9.52. The largest absolute Gasteiger partial charge is 0.413 e. The first-order valence-electron chi connectivity index (χ1n) is 15.5. The van der Waals surface area contributed by atoms with Crippen molar-refractivity contribution in [3.8, 4) is 0 Å². The van der Waals surface area contributed by atoms with Crippen molar-refractivity contribution in [3.63, 3.8) is 0 Å². The minimum atomic E-state index is -2.00. The van der Waals surface area contributed by atoms with E-state index in [1.165, 1.54) is 36.3 Å². The van der Waals surface area contributed by atoms with Gasteiger partial charge in [0.1, 0.15) is 5.60 Å². The minimum Gasteiger partial charge on any atom is -0.413 e. The molecule has 216 valence electrons. The molecule has 7 heteroatoms. The van der Waals surface area contributed by atoms with Crippen molar-refractivity contribution < 1.29 is 18.0 Å². The van der Waals surface area contributed by atoms with Crippen LogP contribution in [0.3, 0.4) is 0 Å². The second-order valence-electron chi connectivity index (χ2n) is 14.1. The Hall–Kier alpha value is 0.231. The molecule has 3 aliphatic rings. The van der Waals surface area contributed by atoms with E-state index < -0.39 is 25.0 Å². The highest BCUT2D eigenvalue weighted by Crippen LogP contribution is 2.61. The zero-order chi connectivity index (χ0) is 27.9.